The molecule has 0 amide bonds. The minimum Gasteiger partial charge on any atom is -0.478 e. The summed E-state index contributed by atoms with van der Waals surface area (Å²) in [6, 6.07) is 5.88. The van der Waals surface area contributed by atoms with Crippen molar-refractivity contribution in [2.24, 2.45) is 0 Å². The topological polar surface area (TPSA) is 67.8 Å². The van der Waals surface area contributed by atoms with Crippen LogP contribution < -0.4 is 14.8 Å². The summed E-state index contributed by atoms with van der Waals surface area (Å²) in [5.74, 6) is 0.655. The first-order chi connectivity index (χ1) is 8.75. The van der Waals surface area contributed by atoms with E-state index in [0.717, 1.165) is 36.1 Å². The number of carbonyl (C=O) groups is 1. The van der Waals surface area contributed by atoms with Gasteiger partial charge in [0.15, 0.2) is 11.5 Å². The van der Waals surface area contributed by atoms with Gasteiger partial charge in [-0.15, -0.1) is 0 Å². The Labute approximate surface area is 105 Å². The molecule has 0 unspecified atom stereocenters. The van der Waals surface area contributed by atoms with Gasteiger partial charge in [0.05, 0.1) is 0 Å². The van der Waals surface area contributed by atoms with Crippen LogP contribution in [0.1, 0.15) is 5.56 Å². The number of benzene rings is 1. The number of carboxylic acid groups (broad SMARTS) is 1. The number of nitrogens with one attached hydrogen (secondary N) is 1. The van der Waals surface area contributed by atoms with Crippen LogP contribution in [0.4, 0.5) is 0 Å². The Morgan fingerprint density at radius 1 is 1.39 bits per heavy atom. The van der Waals surface area contributed by atoms with E-state index in [1.165, 1.54) is 0 Å². The van der Waals surface area contributed by atoms with E-state index < -0.39 is 5.97 Å². The van der Waals surface area contributed by atoms with E-state index in [1.54, 1.807) is 6.08 Å². The predicted octanol–water partition coefficient (Wildman–Crippen LogP) is 1.19. The Balaban J connectivity index is 1.72. The van der Waals surface area contributed by atoms with Crippen molar-refractivity contribution in [3.8, 4) is 11.5 Å². The Bertz CT molecular complexity index is 456. The van der Waals surface area contributed by atoms with E-state index in [0.29, 0.717) is 6.54 Å². The first kappa shape index (κ1) is 12.4. The minimum atomic E-state index is -0.924. The zero-order chi connectivity index (χ0) is 12.8. The number of rotatable bonds is 6. The highest BCUT2D eigenvalue weighted by atomic mass is 16.7. The van der Waals surface area contributed by atoms with Crippen LogP contribution in [0, 0.1) is 0 Å². The Morgan fingerprint density at radius 3 is 3.06 bits per heavy atom. The molecule has 0 aromatic heterocycles. The Morgan fingerprint density at radius 2 is 2.22 bits per heavy atom. The quantitative estimate of drug-likeness (QED) is 0.585. The fourth-order valence-corrected chi connectivity index (χ4v) is 1.67. The molecule has 0 atom stereocenters. The second-order valence-corrected chi connectivity index (χ2v) is 3.88. The van der Waals surface area contributed by atoms with Gasteiger partial charge in [-0.05, 0) is 30.7 Å². The summed E-state index contributed by atoms with van der Waals surface area (Å²) < 4.78 is 10.5. The number of fused-ring (bicyclic) bond motifs is 1. The lowest BCUT2D eigenvalue weighted by Gasteiger charge is -2.03. The highest BCUT2D eigenvalue weighted by molar-refractivity contribution is 5.79. The molecule has 2 rings (SSSR count). The number of hydrogen-bond donors (Lipinski definition) is 2. The van der Waals surface area contributed by atoms with E-state index in [9.17, 15) is 4.79 Å². The van der Waals surface area contributed by atoms with Crippen molar-refractivity contribution in [1.29, 1.82) is 0 Å². The molecule has 0 saturated heterocycles. The van der Waals surface area contributed by atoms with Crippen molar-refractivity contribution in [3.63, 3.8) is 0 Å². The van der Waals surface area contributed by atoms with Crippen molar-refractivity contribution >= 4 is 5.97 Å². The molecule has 1 heterocycles. The van der Waals surface area contributed by atoms with Gasteiger partial charge in [0.2, 0.25) is 6.79 Å². The molecule has 1 aromatic carbocycles. The van der Waals surface area contributed by atoms with Gasteiger partial charge in [-0.1, -0.05) is 12.1 Å². The van der Waals surface area contributed by atoms with Crippen LogP contribution in [0.5, 0.6) is 11.5 Å². The molecular weight excluding hydrogens is 234 g/mol. The van der Waals surface area contributed by atoms with Crippen LogP contribution in [0.3, 0.4) is 0 Å². The molecule has 1 aromatic rings. The molecule has 5 heteroatoms. The van der Waals surface area contributed by atoms with Crippen molar-refractivity contribution in [1.82, 2.24) is 5.32 Å². The standard InChI is InChI=1S/C13H15NO4/c15-13(16)2-1-6-14-7-5-10-3-4-11-12(8-10)18-9-17-11/h1-4,8,14H,5-7,9H2,(H,15,16)/b2-1+. The van der Waals surface area contributed by atoms with Gasteiger partial charge in [0.1, 0.15) is 0 Å². The molecule has 0 fully saturated rings. The molecule has 0 bridgehead atoms. The zero-order valence-corrected chi connectivity index (χ0v) is 9.89. The fraction of sp³-hybridized carbons (Fsp3) is 0.308. The lowest BCUT2D eigenvalue weighted by Crippen LogP contribution is -2.17. The van der Waals surface area contributed by atoms with Crippen LogP contribution in [-0.4, -0.2) is 31.0 Å². The largest absolute Gasteiger partial charge is 0.478 e. The van der Waals surface area contributed by atoms with Crippen LogP contribution in [-0.2, 0) is 11.2 Å². The first-order valence-electron chi connectivity index (χ1n) is 5.74. The van der Waals surface area contributed by atoms with Gasteiger partial charge in [-0.2, -0.15) is 0 Å². The molecule has 0 radical (unpaired) electrons. The molecule has 5 nitrogen and oxygen atoms in total. The maximum absolute atomic E-state index is 10.2. The third-order valence-corrected chi connectivity index (χ3v) is 2.55. The minimum absolute atomic E-state index is 0.289. The van der Waals surface area contributed by atoms with E-state index in [2.05, 4.69) is 5.32 Å². The normalized spacial score (nSPS) is 13.1. The van der Waals surface area contributed by atoms with Crippen molar-refractivity contribution in [2.45, 2.75) is 6.42 Å². The number of carboxylic acids is 1. The second kappa shape index (κ2) is 6.07. The third-order valence-electron chi connectivity index (χ3n) is 2.55. The van der Waals surface area contributed by atoms with Gasteiger partial charge in [0, 0.05) is 12.6 Å². The average Bonchev–Trinajstić information content (AvgIpc) is 2.80. The van der Waals surface area contributed by atoms with Crippen LogP contribution in [0.15, 0.2) is 30.4 Å². The summed E-state index contributed by atoms with van der Waals surface area (Å²) in [7, 11) is 0. The maximum Gasteiger partial charge on any atom is 0.328 e. The molecule has 18 heavy (non-hydrogen) atoms. The van der Waals surface area contributed by atoms with Gasteiger partial charge in [-0.25, -0.2) is 4.79 Å². The van der Waals surface area contributed by atoms with E-state index in [1.807, 2.05) is 18.2 Å². The molecule has 0 spiro atoms. The highest BCUT2D eigenvalue weighted by Gasteiger charge is 2.12. The van der Waals surface area contributed by atoms with Crippen molar-refractivity contribution < 1.29 is 19.4 Å². The number of ether oxygens (including phenoxy) is 2. The van der Waals surface area contributed by atoms with Gasteiger partial charge < -0.3 is 19.9 Å². The first-order valence-corrected chi connectivity index (χ1v) is 5.74. The van der Waals surface area contributed by atoms with Crippen LogP contribution in [0.25, 0.3) is 0 Å². The summed E-state index contributed by atoms with van der Waals surface area (Å²) >= 11 is 0. The van der Waals surface area contributed by atoms with Gasteiger partial charge >= 0.3 is 5.97 Å². The SMILES string of the molecule is O=C(O)/C=C/CNCCc1ccc2c(c1)OCO2. The molecule has 1 aliphatic rings. The lowest BCUT2D eigenvalue weighted by atomic mass is 10.1. The van der Waals surface area contributed by atoms with Crippen molar-refractivity contribution in [2.75, 3.05) is 19.9 Å². The van der Waals surface area contributed by atoms with E-state index >= 15 is 0 Å². The van der Waals surface area contributed by atoms with E-state index in [4.69, 9.17) is 14.6 Å². The zero-order valence-electron chi connectivity index (χ0n) is 9.89. The van der Waals surface area contributed by atoms with Crippen LogP contribution >= 0.6 is 0 Å². The lowest BCUT2D eigenvalue weighted by molar-refractivity contribution is -0.131. The second-order valence-electron chi connectivity index (χ2n) is 3.88. The molecular formula is C13H15NO4. The molecule has 1 aliphatic heterocycles. The maximum atomic E-state index is 10.2. The number of hydrogen-bond acceptors (Lipinski definition) is 4. The highest BCUT2D eigenvalue weighted by Crippen LogP contribution is 2.32. The van der Waals surface area contributed by atoms with Crippen molar-refractivity contribution in [3.05, 3.63) is 35.9 Å². The predicted molar refractivity (Wildman–Crippen MR) is 65.9 cm³/mol. The summed E-state index contributed by atoms with van der Waals surface area (Å²) in [5, 5.41) is 11.5. The Hall–Kier alpha value is -2.01. The monoisotopic (exact) mass is 249 g/mol. The average molecular weight is 249 g/mol. The fourth-order valence-electron chi connectivity index (χ4n) is 1.67. The number of aliphatic carboxylic acids is 1. The van der Waals surface area contributed by atoms with Gasteiger partial charge in [-0.3, -0.25) is 0 Å². The molecule has 2 N–H and O–H groups in total. The third kappa shape index (κ3) is 3.49. The van der Waals surface area contributed by atoms with E-state index in [-0.39, 0.29) is 6.79 Å². The summed E-state index contributed by atoms with van der Waals surface area (Å²) in [5.41, 5.74) is 1.16. The molecule has 0 aliphatic carbocycles. The Kier molecular flexibility index (Phi) is 4.20. The van der Waals surface area contributed by atoms with Crippen LogP contribution in [0.2, 0.25) is 0 Å². The molecule has 0 saturated carbocycles. The summed E-state index contributed by atoms with van der Waals surface area (Å²) in [6.45, 7) is 1.62. The summed E-state index contributed by atoms with van der Waals surface area (Å²) in [4.78, 5) is 10.2. The summed E-state index contributed by atoms with van der Waals surface area (Å²) in [6.07, 6.45) is 3.58. The smallest absolute Gasteiger partial charge is 0.328 e. The van der Waals surface area contributed by atoms with Gasteiger partial charge in [0.25, 0.3) is 0 Å². The molecule has 96 valence electrons.